The zero-order chi connectivity index (χ0) is 20.0. The smallest absolute Gasteiger partial charge is 0.333 e. The van der Waals surface area contributed by atoms with Gasteiger partial charge in [-0.1, -0.05) is 36.4 Å². The van der Waals surface area contributed by atoms with Crippen LogP contribution in [0, 0.1) is 6.92 Å². The molecule has 3 aromatic carbocycles. The number of para-hydroxylation sites is 1. The second-order valence-corrected chi connectivity index (χ2v) is 6.82. The summed E-state index contributed by atoms with van der Waals surface area (Å²) in [6.45, 7) is 1.54. The Kier molecular flexibility index (Phi) is 3.91. The van der Waals surface area contributed by atoms with Crippen molar-refractivity contribution in [1.82, 2.24) is 9.78 Å². The van der Waals surface area contributed by atoms with Crippen molar-refractivity contribution in [3.05, 3.63) is 82.8 Å². The first-order chi connectivity index (χ1) is 14.1. The molecule has 0 bridgehead atoms. The highest BCUT2D eigenvalue weighted by molar-refractivity contribution is 6.05. The number of ether oxygens (including phenoxy) is 1. The summed E-state index contributed by atoms with van der Waals surface area (Å²) in [4.78, 5) is 25.1. The van der Waals surface area contributed by atoms with Crippen LogP contribution in [0.25, 0.3) is 32.7 Å². The van der Waals surface area contributed by atoms with Crippen molar-refractivity contribution in [3.8, 4) is 5.75 Å². The minimum atomic E-state index is -0.568. The maximum absolute atomic E-state index is 12.6. The van der Waals surface area contributed by atoms with Gasteiger partial charge in [-0.15, -0.1) is 0 Å². The van der Waals surface area contributed by atoms with E-state index in [1.807, 2.05) is 43.3 Å². The van der Waals surface area contributed by atoms with Gasteiger partial charge >= 0.3 is 5.97 Å². The molecule has 5 aromatic rings. The van der Waals surface area contributed by atoms with Crippen LogP contribution in [0.3, 0.4) is 0 Å². The highest BCUT2D eigenvalue weighted by atomic mass is 16.5. The third-order valence-corrected chi connectivity index (χ3v) is 4.91. The molecule has 5 rings (SSSR count). The third kappa shape index (κ3) is 2.95. The highest BCUT2D eigenvalue weighted by Crippen LogP contribution is 2.31. The van der Waals surface area contributed by atoms with Gasteiger partial charge in [0.15, 0.2) is 0 Å². The molecule has 0 fully saturated rings. The lowest BCUT2D eigenvalue weighted by Gasteiger charge is -2.09. The molecule has 0 aliphatic heterocycles. The molecule has 0 saturated carbocycles. The molecule has 0 radical (unpaired) electrons. The number of carbonyl (C=O) groups is 1. The van der Waals surface area contributed by atoms with Crippen molar-refractivity contribution in [1.29, 1.82) is 0 Å². The lowest BCUT2D eigenvalue weighted by Crippen LogP contribution is -2.29. The number of fused-ring (bicyclic) bond motifs is 4. The molecule has 29 heavy (non-hydrogen) atoms. The molecule has 6 heteroatoms. The van der Waals surface area contributed by atoms with E-state index in [-0.39, 0.29) is 12.1 Å². The van der Waals surface area contributed by atoms with Gasteiger partial charge in [0.05, 0.1) is 11.1 Å². The van der Waals surface area contributed by atoms with Crippen LogP contribution in [0.5, 0.6) is 5.75 Å². The van der Waals surface area contributed by atoms with E-state index in [0.29, 0.717) is 22.4 Å². The van der Waals surface area contributed by atoms with Gasteiger partial charge in [0.25, 0.3) is 5.56 Å². The number of hydrogen-bond donors (Lipinski definition) is 0. The Morgan fingerprint density at radius 2 is 1.62 bits per heavy atom. The van der Waals surface area contributed by atoms with Crippen LogP contribution in [0.1, 0.15) is 5.69 Å². The molecule has 0 amide bonds. The average molecular weight is 384 g/mol. The number of hydrogen-bond acceptors (Lipinski definition) is 5. The van der Waals surface area contributed by atoms with E-state index >= 15 is 0 Å². The molecule has 142 valence electrons. The fraction of sp³-hybridized carbons (Fsp3) is 0.0870. The summed E-state index contributed by atoms with van der Waals surface area (Å²) in [5.41, 5.74) is 1.85. The van der Waals surface area contributed by atoms with E-state index in [0.717, 1.165) is 26.4 Å². The van der Waals surface area contributed by atoms with Crippen LogP contribution >= 0.6 is 0 Å². The predicted octanol–water partition coefficient (Wildman–Crippen LogP) is 4.21. The SMILES string of the molecule is Cc1nn(CC(=O)Oc2ccc3oc4ccccc4c3c2)c(=O)c2ccccc12. The predicted molar refractivity (Wildman–Crippen MR) is 110 cm³/mol. The number of esters is 1. The van der Waals surface area contributed by atoms with Crippen molar-refractivity contribution in [2.45, 2.75) is 13.5 Å². The normalized spacial score (nSPS) is 11.3. The molecule has 0 saturated heterocycles. The van der Waals surface area contributed by atoms with Crippen LogP contribution in [-0.4, -0.2) is 15.7 Å². The summed E-state index contributed by atoms with van der Waals surface area (Å²) < 4.78 is 12.4. The molecule has 6 nitrogen and oxygen atoms in total. The van der Waals surface area contributed by atoms with Gasteiger partial charge in [0, 0.05) is 16.2 Å². The Hall–Kier alpha value is -3.93. The van der Waals surface area contributed by atoms with Crippen molar-refractivity contribution < 1.29 is 13.9 Å². The quantitative estimate of drug-likeness (QED) is 0.344. The zero-order valence-electron chi connectivity index (χ0n) is 15.6. The first-order valence-corrected chi connectivity index (χ1v) is 9.18. The molecule has 0 aliphatic carbocycles. The van der Waals surface area contributed by atoms with Crippen LogP contribution in [-0.2, 0) is 11.3 Å². The Bertz CT molecular complexity index is 1460. The number of nitrogens with zero attached hydrogens (tertiary/aromatic N) is 2. The Morgan fingerprint density at radius 1 is 0.931 bits per heavy atom. The first-order valence-electron chi connectivity index (χ1n) is 9.18. The monoisotopic (exact) mass is 384 g/mol. The Morgan fingerprint density at radius 3 is 2.45 bits per heavy atom. The highest BCUT2D eigenvalue weighted by Gasteiger charge is 2.14. The van der Waals surface area contributed by atoms with Crippen LogP contribution in [0.2, 0.25) is 0 Å². The summed E-state index contributed by atoms with van der Waals surface area (Å²) in [7, 11) is 0. The van der Waals surface area contributed by atoms with Gasteiger partial charge in [-0.25, -0.2) is 9.48 Å². The van der Waals surface area contributed by atoms with Crippen molar-refractivity contribution in [3.63, 3.8) is 0 Å². The minimum Gasteiger partial charge on any atom is -0.456 e. The molecular formula is C23H16N2O4. The molecule has 0 spiro atoms. The van der Waals surface area contributed by atoms with E-state index in [2.05, 4.69) is 5.10 Å². The summed E-state index contributed by atoms with van der Waals surface area (Å²) >= 11 is 0. The van der Waals surface area contributed by atoms with E-state index in [9.17, 15) is 9.59 Å². The van der Waals surface area contributed by atoms with E-state index in [1.54, 1.807) is 30.3 Å². The molecule has 0 unspecified atom stereocenters. The first kappa shape index (κ1) is 17.2. The van der Waals surface area contributed by atoms with Gasteiger partial charge in [0.2, 0.25) is 0 Å². The van der Waals surface area contributed by atoms with Gasteiger partial charge in [-0.3, -0.25) is 4.79 Å². The second kappa shape index (κ2) is 6.60. The molecule has 0 N–H and O–H groups in total. The topological polar surface area (TPSA) is 74.3 Å². The molecule has 2 heterocycles. The van der Waals surface area contributed by atoms with Gasteiger partial charge in [-0.05, 0) is 37.3 Å². The van der Waals surface area contributed by atoms with E-state index in [4.69, 9.17) is 9.15 Å². The number of aromatic nitrogens is 2. The number of rotatable bonds is 3. The number of benzene rings is 3. The Labute approximate surface area is 164 Å². The fourth-order valence-corrected chi connectivity index (χ4v) is 3.57. The van der Waals surface area contributed by atoms with Crippen LogP contribution in [0.4, 0.5) is 0 Å². The number of furan rings is 1. The van der Waals surface area contributed by atoms with Crippen molar-refractivity contribution in [2.24, 2.45) is 0 Å². The maximum atomic E-state index is 12.6. The average Bonchev–Trinajstić information content (AvgIpc) is 3.10. The van der Waals surface area contributed by atoms with Crippen molar-refractivity contribution >= 4 is 38.7 Å². The standard InChI is InChI=1S/C23H16N2O4/c1-14-16-6-2-3-8-18(16)23(27)25(24-14)13-22(26)28-15-10-11-21-19(12-15)17-7-4-5-9-20(17)29-21/h2-12H,13H2,1H3. The largest absolute Gasteiger partial charge is 0.456 e. The molecule has 2 aromatic heterocycles. The van der Waals surface area contributed by atoms with Gasteiger partial charge < -0.3 is 9.15 Å². The lowest BCUT2D eigenvalue weighted by atomic mass is 10.1. The van der Waals surface area contributed by atoms with E-state index in [1.165, 1.54) is 0 Å². The lowest BCUT2D eigenvalue weighted by molar-refractivity contribution is -0.135. The summed E-state index contributed by atoms with van der Waals surface area (Å²) in [5.74, 6) is -0.180. The molecule has 0 aliphatic rings. The maximum Gasteiger partial charge on any atom is 0.333 e. The van der Waals surface area contributed by atoms with Gasteiger partial charge in [0.1, 0.15) is 23.5 Å². The number of aryl methyl sites for hydroxylation is 1. The summed E-state index contributed by atoms with van der Waals surface area (Å²) in [5, 5.41) is 7.37. The zero-order valence-corrected chi connectivity index (χ0v) is 15.6. The fourth-order valence-electron chi connectivity index (χ4n) is 3.57. The van der Waals surface area contributed by atoms with Crippen molar-refractivity contribution in [2.75, 3.05) is 0 Å². The second-order valence-electron chi connectivity index (χ2n) is 6.82. The Balaban J connectivity index is 1.45. The van der Waals surface area contributed by atoms with Gasteiger partial charge in [-0.2, -0.15) is 5.10 Å². The minimum absolute atomic E-state index is 0.269. The third-order valence-electron chi connectivity index (χ3n) is 4.91. The summed E-state index contributed by atoms with van der Waals surface area (Å²) in [6.07, 6.45) is 0. The van der Waals surface area contributed by atoms with E-state index < -0.39 is 5.97 Å². The molecular weight excluding hydrogens is 368 g/mol. The van der Waals surface area contributed by atoms with Crippen LogP contribution < -0.4 is 10.3 Å². The molecule has 0 atom stereocenters. The summed E-state index contributed by atoms with van der Waals surface area (Å²) in [6, 6.07) is 20.1. The number of carbonyl (C=O) groups excluding carboxylic acids is 1. The van der Waals surface area contributed by atoms with Crippen LogP contribution in [0.15, 0.2) is 75.9 Å².